The molecule has 5 nitrogen and oxygen atoms in total. The Morgan fingerprint density at radius 3 is 2.79 bits per heavy atom. The monoisotopic (exact) mass is 283 g/mol. The summed E-state index contributed by atoms with van der Waals surface area (Å²) in [6.07, 6.45) is 0.978. The van der Waals surface area contributed by atoms with Crippen LogP contribution in [0.25, 0.3) is 0 Å². The van der Waals surface area contributed by atoms with Crippen LogP contribution in [0.4, 0.5) is 5.69 Å². The number of para-hydroxylation sites is 1. The van der Waals surface area contributed by atoms with Crippen molar-refractivity contribution in [2.45, 2.75) is 25.0 Å². The maximum absolute atomic E-state index is 11.1. The SMILES string of the molecule is COC(=O)CC(C)SCCc1ccccc1[N+](=O)[O-]. The zero-order valence-corrected chi connectivity index (χ0v) is 11.8. The number of benzene rings is 1. The van der Waals surface area contributed by atoms with Crippen LogP contribution < -0.4 is 0 Å². The summed E-state index contributed by atoms with van der Waals surface area (Å²) in [5.74, 6) is 0.508. The van der Waals surface area contributed by atoms with Gasteiger partial charge >= 0.3 is 5.97 Å². The van der Waals surface area contributed by atoms with Crippen molar-refractivity contribution in [1.82, 2.24) is 0 Å². The smallest absolute Gasteiger partial charge is 0.306 e. The Hall–Kier alpha value is -1.56. The number of nitro benzene ring substituents is 1. The summed E-state index contributed by atoms with van der Waals surface area (Å²) in [5.41, 5.74) is 0.883. The van der Waals surface area contributed by atoms with E-state index < -0.39 is 0 Å². The molecule has 1 atom stereocenters. The van der Waals surface area contributed by atoms with Crippen molar-refractivity contribution >= 4 is 23.4 Å². The van der Waals surface area contributed by atoms with E-state index in [-0.39, 0.29) is 21.8 Å². The van der Waals surface area contributed by atoms with Crippen LogP contribution in [0, 0.1) is 10.1 Å². The third-order valence-corrected chi connectivity index (χ3v) is 3.82. The van der Waals surface area contributed by atoms with Gasteiger partial charge in [0.15, 0.2) is 0 Å². The van der Waals surface area contributed by atoms with Crippen molar-refractivity contribution in [2.24, 2.45) is 0 Å². The molecule has 0 fully saturated rings. The highest BCUT2D eigenvalue weighted by molar-refractivity contribution is 7.99. The number of nitrogens with zero attached hydrogens (tertiary/aromatic N) is 1. The van der Waals surface area contributed by atoms with Gasteiger partial charge in [-0.3, -0.25) is 14.9 Å². The minimum absolute atomic E-state index is 0.148. The molecule has 104 valence electrons. The van der Waals surface area contributed by atoms with E-state index in [9.17, 15) is 14.9 Å². The second kappa shape index (κ2) is 7.78. The number of nitro groups is 1. The fraction of sp³-hybridized carbons (Fsp3) is 0.462. The predicted molar refractivity (Wildman–Crippen MR) is 75.4 cm³/mol. The van der Waals surface area contributed by atoms with Crippen LogP contribution in [0.2, 0.25) is 0 Å². The lowest BCUT2D eigenvalue weighted by atomic mass is 10.1. The molecule has 1 aromatic carbocycles. The van der Waals surface area contributed by atoms with Crippen LogP contribution in [0.1, 0.15) is 18.9 Å². The molecule has 0 bridgehead atoms. The maximum Gasteiger partial charge on any atom is 0.306 e. The van der Waals surface area contributed by atoms with Crippen molar-refractivity contribution in [3.05, 3.63) is 39.9 Å². The van der Waals surface area contributed by atoms with E-state index in [1.807, 2.05) is 6.92 Å². The second-order valence-corrected chi connectivity index (χ2v) is 5.64. The molecule has 0 aliphatic rings. The Bertz CT molecular complexity index is 450. The minimum atomic E-state index is -0.363. The maximum atomic E-state index is 11.1. The molecule has 0 N–H and O–H groups in total. The molecule has 0 spiro atoms. The highest BCUT2D eigenvalue weighted by Crippen LogP contribution is 2.22. The minimum Gasteiger partial charge on any atom is -0.469 e. The lowest BCUT2D eigenvalue weighted by Gasteiger charge is -2.09. The Labute approximate surface area is 116 Å². The zero-order valence-electron chi connectivity index (χ0n) is 11.0. The molecule has 0 saturated heterocycles. The molecule has 0 heterocycles. The summed E-state index contributed by atoms with van der Waals surface area (Å²) in [7, 11) is 1.37. The molecular formula is C13H17NO4S. The molecule has 0 amide bonds. The van der Waals surface area contributed by atoms with Crippen LogP contribution in [0.3, 0.4) is 0 Å². The molecule has 0 aliphatic carbocycles. The van der Waals surface area contributed by atoms with E-state index in [4.69, 9.17) is 0 Å². The first-order chi connectivity index (χ1) is 9.04. The zero-order chi connectivity index (χ0) is 14.3. The van der Waals surface area contributed by atoms with E-state index in [0.717, 1.165) is 11.3 Å². The molecule has 1 aromatic rings. The van der Waals surface area contributed by atoms with E-state index in [2.05, 4.69) is 4.74 Å². The van der Waals surface area contributed by atoms with Gasteiger partial charge in [0.05, 0.1) is 18.5 Å². The highest BCUT2D eigenvalue weighted by Gasteiger charge is 2.13. The van der Waals surface area contributed by atoms with Crippen LogP contribution in [-0.4, -0.2) is 29.0 Å². The number of carbonyl (C=O) groups is 1. The summed E-state index contributed by atoms with van der Waals surface area (Å²) in [6.45, 7) is 1.95. The molecular weight excluding hydrogens is 266 g/mol. The average molecular weight is 283 g/mol. The fourth-order valence-electron chi connectivity index (χ4n) is 1.65. The van der Waals surface area contributed by atoms with Gasteiger partial charge in [-0.05, 0) is 12.2 Å². The van der Waals surface area contributed by atoms with Crippen LogP contribution in [-0.2, 0) is 16.0 Å². The summed E-state index contributed by atoms with van der Waals surface area (Å²) in [5, 5.41) is 11.0. The number of esters is 1. The summed E-state index contributed by atoms with van der Waals surface area (Å²) in [6, 6.07) is 6.74. The number of hydrogen-bond donors (Lipinski definition) is 0. The first-order valence-corrected chi connectivity index (χ1v) is 7.00. The lowest BCUT2D eigenvalue weighted by molar-refractivity contribution is -0.385. The van der Waals surface area contributed by atoms with Crippen LogP contribution in [0.15, 0.2) is 24.3 Å². The number of carbonyl (C=O) groups excluding carboxylic acids is 1. The third-order valence-electron chi connectivity index (χ3n) is 2.64. The molecule has 0 aromatic heterocycles. The Morgan fingerprint density at radius 1 is 1.47 bits per heavy atom. The predicted octanol–water partition coefficient (Wildman–Crippen LogP) is 2.82. The third kappa shape index (κ3) is 5.30. The molecule has 0 aliphatic heterocycles. The number of thioether (sulfide) groups is 1. The van der Waals surface area contributed by atoms with E-state index in [1.165, 1.54) is 13.2 Å². The van der Waals surface area contributed by atoms with Gasteiger partial charge in [-0.1, -0.05) is 25.1 Å². The fourth-order valence-corrected chi connectivity index (χ4v) is 2.64. The van der Waals surface area contributed by atoms with Crippen molar-refractivity contribution in [3.63, 3.8) is 0 Å². The van der Waals surface area contributed by atoms with E-state index in [1.54, 1.807) is 30.0 Å². The first kappa shape index (κ1) is 15.5. The van der Waals surface area contributed by atoms with Gasteiger partial charge in [0.25, 0.3) is 5.69 Å². The molecule has 0 saturated carbocycles. The molecule has 1 rings (SSSR count). The Morgan fingerprint density at radius 2 is 2.16 bits per heavy atom. The molecule has 0 radical (unpaired) electrons. The van der Waals surface area contributed by atoms with Gasteiger partial charge in [0, 0.05) is 16.9 Å². The summed E-state index contributed by atoms with van der Waals surface area (Å²) < 4.78 is 4.59. The lowest BCUT2D eigenvalue weighted by Crippen LogP contribution is -2.09. The van der Waals surface area contributed by atoms with Crippen molar-refractivity contribution in [2.75, 3.05) is 12.9 Å². The second-order valence-electron chi connectivity index (χ2n) is 4.10. The van der Waals surface area contributed by atoms with E-state index in [0.29, 0.717) is 12.8 Å². The van der Waals surface area contributed by atoms with Gasteiger partial charge in [0.2, 0.25) is 0 Å². The molecule has 6 heteroatoms. The normalized spacial score (nSPS) is 11.9. The van der Waals surface area contributed by atoms with Crippen LogP contribution >= 0.6 is 11.8 Å². The van der Waals surface area contributed by atoms with Gasteiger partial charge in [-0.25, -0.2) is 0 Å². The average Bonchev–Trinajstić information content (AvgIpc) is 2.38. The Kier molecular flexibility index (Phi) is 6.35. The van der Waals surface area contributed by atoms with Gasteiger partial charge in [-0.15, -0.1) is 0 Å². The number of rotatable bonds is 7. The Balaban J connectivity index is 2.45. The standard InChI is InChI=1S/C13H17NO4S/c1-10(9-13(15)18-2)19-8-7-11-5-3-4-6-12(11)14(16)17/h3-6,10H,7-9H2,1-2H3. The number of methoxy groups -OCH3 is 1. The quantitative estimate of drug-likeness (QED) is 0.437. The number of aryl methyl sites for hydroxylation is 1. The van der Waals surface area contributed by atoms with Crippen molar-refractivity contribution in [3.8, 4) is 0 Å². The molecule has 1 unspecified atom stereocenters. The highest BCUT2D eigenvalue weighted by atomic mass is 32.2. The largest absolute Gasteiger partial charge is 0.469 e. The number of ether oxygens (including phenoxy) is 1. The summed E-state index contributed by atoms with van der Waals surface area (Å²) in [4.78, 5) is 21.6. The van der Waals surface area contributed by atoms with Crippen molar-refractivity contribution in [1.29, 1.82) is 0 Å². The molecule has 19 heavy (non-hydrogen) atoms. The van der Waals surface area contributed by atoms with Gasteiger partial charge in [0.1, 0.15) is 0 Å². The van der Waals surface area contributed by atoms with Crippen molar-refractivity contribution < 1.29 is 14.5 Å². The summed E-state index contributed by atoms with van der Waals surface area (Å²) >= 11 is 1.61. The van der Waals surface area contributed by atoms with E-state index >= 15 is 0 Å². The first-order valence-electron chi connectivity index (χ1n) is 5.95. The number of hydrogen-bond acceptors (Lipinski definition) is 5. The topological polar surface area (TPSA) is 69.4 Å². The van der Waals surface area contributed by atoms with Gasteiger partial charge in [-0.2, -0.15) is 11.8 Å². The van der Waals surface area contributed by atoms with Crippen LogP contribution in [0.5, 0.6) is 0 Å². The van der Waals surface area contributed by atoms with Gasteiger partial charge < -0.3 is 4.74 Å².